The minimum Gasteiger partial charge on any atom is -0.506 e. The molecule has 4 heteroatoms. The average molecular weight is 193 g/mol. The van der Waals surface area contributed by atoms with Crippen molar-refractivity contribution in [2.24, 2.45) is 0 Å². The zero-order valence-electron chi connectivity index (χ0n) is 5.77. The van der Waals surface area contributed by atoms with Crippen molar-refractivity contribution in [3.05, 3.63) is 22.2 Å². The third-order valence-corrected chi connectivity index (χ3v) is 1.90. The summed E-state index contributed by atoms with van der Waals surface area (Å²) in [5, 5.41) is 9.61. The van der Waals surface area contributed by atoms with E-state index in [4.69, 9.17) is 33.0 Å². The Morgan fingerprint density at radius 1 is 1.36 bits per heavy atom. The van der Waals surface area contributed by atoms with Gasteiger partial charge in [0.05, 0.1) is 12.1 Å². The van der Waals surface area contributed by atoms with Crippen LogP contribution in [-0.2, 0) is 0 Å². The van der Waals surface area contributed by atoms with Crippen molar-refractivity contribution in [3.8, 4) is 11.5 Å². The molecule has 0 atom stereocenters. The van der Waals surface area contributed by atoms with Gasteiger partial charge in [-0.25, -0.2) is 0 Å². The minimum atomic E-state index is -0.0343. The van der Waals surface area contributed by atoms with Gasteiger partial charge in [0.1, 0.15) is 10.8 Å². The van der Waals surface area contributed by atoms with Gasteiger partial charge in [0.25, 0.3) is 0 Å². The van der Waals surface area contributed by atoms with Crippen LogP contribution in [0.4, 0.5) is 0 Å². The van der Waals surface area contributed by atoms with Crippen molar-refractivity contribution < 1.29 is 9.84 Å². The summed E-state index contributed by atoms with van der Waals surface area (Å²) in [4.78, 5) is 0. The maximum Gasteiger partial charge on any atom is 0.159 e. The Kier molecular flexibility index (Phi) is 2.47. The van der Waals surface area contributed by atoms with Gasteiger partial charge in [0, 0.05) is 0 Å². The molecule has 2 nitrogen and oxygen atoms in total. The Morgan fingerprint density at radius 2 is 2.00 bits per heavy atom. The first kappa shape index (κ1) is 8.50. The number of ether oxygens (including phenoxy) is 1. The fourth-order valence-corrected chi connectivity index (χ4v) is 1.23. The second kappa shape index (κ2) is 3.20. The lowest BCUT2D eigenvalue weighted by atomic mass is 10.3. The van der Waals surface area contributed by atoms with Crippen LogP contribution in [0, 0.1) is 0 Å². The summed E-state index contributed by atoms with van der Waals surface area (Å²) < 4.78 is 4.83. The SMILES string of the molecule is COc1c(Cl)ccc(O)c1Cl. The number of methoxy groups -OCH3 is 1. The van der Waals surface area contributed by atoms with Crippen molar-refractivity contribution in [1.29, 1.82) is 0 Å². The van der Waals surface area contributed by atoms with E-state index in [9.17, 15) is 0 Å². The van der Waals surface area contributed by atoms with Crippen molar-refractivity contribution in [3.63, 3.8) is 0 Å². The first-order chi connectivity index (χ1) is 5.16. The highest BCUT2D eigenvalue weighted by Crippen LogP contribution is 2.38. The van der Waals surface area contributed by atoms with E-state index in [-0.39, 0.29) is 10.8 Å². The summed E-state index contributed by atoms with van der Waals surface area (Å²) in [6.45, 7) is 0. The molecule has 0 saturated carbocycles. The number of aromatic hydroxyl groups is 1. The van der Waals surface area contributed by atoms with Gasteiger partial charge in [0.15, 0.2) is 5.75 Å². The summed E-state index contributed by atoms with van der Waals surface area (Å²) in [7, 11) is 1.44. The molecule has 0 fully saturated rings. The zero-order chi connectivity index (χ0) is 8.43. The number of benzene rings is 1. The zero-order valence-corrected chi connectivity index (χ0v) is 7.28. The first-order valence-electron chi connectivity index (χ1n) is 2.87. The fraction of sp³-hybridized carbons (Fsp3) is 0.143. The molecule has 1 aromatic rings. The minimum absolute atomic E-state index is 0.0343. The maximum absolute atomic E-state index is 9.09. The third kappa shape index (κ3) is 1.52. The molecule has 0 unspecified atom stereocenters. The van der Waals surface area contributed by atoms with Crippen LogP contribution in [0.2, 0.25) is 10.0 Å². The number of hydrogen-bond donors (Lipinski definition) is 1. The van der Waals surface area contributed by atoms with Crippen molar-refractivity contribution in [1.82, 2.24) is 0 Å². The molecule has 0 radical (unpaired) electrons. The summed E-state index contributed by atoms with van der Waals surface area (Å²) >= 11 is 11.3. The molecule has 0 bridgehead atoms. The molecule has 1 rings (SSSR count). The third-order valence-electron chi connectivity index (χ3n) is 1.23. The quantitative estimate of drug-likeness (QED) is 0.742. The molecule has 0 aromatic heterocycles. The smallest absolute Gasteiger partial charge is 0.159 e. The summed E-state index contributed by atoms with van der Waals surface area (Å²) in [5.41, 5.74) is 0. The van der Waals surface area contributed by atoms with E-state index in [0.29, 0.717) is 10.8 Å². The average Bonchev–Trinajstić information content (AvgIpc) is 1.99. The highest BCUT2D eigenvalue weighted by Gasteiger charge is 2.09. The van der Waals surface area contributed by atoms with Crippen LogP contribution in [0.25, 0.3) is 0 Å². The molecular formula is C7H6Cl2O2. The Labute approximate surface area is 74.3 Å². The van der Waals surface area contributed by atoms with Crippen LogP contribution in [-0.4, -0.2) is 12.2 Å². The van der Waals surface area contributed by atoms with E-state index in [1.54, 1.807) is 0 Å². The van der Waals surface area contributed by atoms with Crippen molar-refractivity contribution in [2.45, 2.75) is 0 Å². The second-order valence-corrected chi connectivity index (χ2v) is 2.70. The molecule has 0 spiro atoms. The number of halogens is 2. The molecular weight excluding hydrogens is 187 g/mol. The molecule has 0 saturated heterocycles. The van der Waals surface area contributed by atoms with Gasteiger partial charge >= 0.3 is 0 Å². The summed E-state index contributed by atoms with van der Waals surface area (Å²) in [6, 6.07) is 2.93. The molecule has 1 N–H and O–H groups in total. The molecule has 11 heavy (non-hydrogen) atoms. The van der Waals surface area contributed by atoms with Crippen LogP contribution in [0.15, 0.2) is 12.1 Å². The molecule has 0 heterocycles. The standard InChI is InChI=1S/C7H6Cl2O2/c1-11-7-4(8)2-3-5(10)6(7)9/h2-3,10H,1H3. The summed E-state index contributed by atoms with van der Waals surface area (Å²) in [6.07, 6.45) is 0. The second-order valence-electron chi connectivity index (χ2n) is 1.91. The van der Waals surface area contributed by atoms with Crippen LogP contribution < -0.4 is 4.74 Å². The van der Waals surface area contributed by atoms with Gasteiger partial charge in [-0.2, -0.15) is 0 Å². The number of phenols is 1. The van der Waals surface area contributed by atoms with Gasteiger partial charge in [-0.15, -0.1) is 0 Å². The molecule has 60 valence electrons. The van der Waals surface area contributed by atoms with Gasteiger partial charge < -0.3 is 9.84 Å². The number of hydrogen-bond acceptors (Lipinski definition) is 2. The Balaban J connectivity index is 3.29. The van der Waals surface area contributed by atoms with Gasteiger partial charge in [-0.3, -0.25) is 0 Å². The molecule has 1 aromatic carbocycles. The summed E-state index contributed by atoms with van der Waals surface area (Å²) in [5.74, 6) is 0.265. The van der Waals surface area contributed by atoms with E-state index >= 15 is 0 Å². The highest BCUT2D eigenvalue weighted by molar-refractivity contribution is 6.38. The van der Waals surface area contributed by atoms with Crippen LogP contribution in [0.5, 0.6) is 11.5 Å². The van der Waals surface area contributed by atoms with E-state index < -0.39 is 0 Å². The largest absolute Gasteiger partial charge is 0.506 e. The van der Waals surface area contributed by atoms with Crippen molar-refractivity contribution >= 4 is 23.2 Å². The topological polar surface area (TPSA) is 29.5 Å². The Morgan fingerprint density at radius 3 is 2.45 bits per heavy atom. The van der Waals surface area contributed by atoms with Gasteiger partial charge in [0.2, 0.25) is 0 Å². The molecule has 0 aliphatic heterocycles. The van der Waals surface area contributed by atoms with E-state index in [1.807, 2.05) is 0 Å². The lowest BCUT2D eigenvalue weighted by molar-refractivity contribution is 0.408. The van der Waals surface area contributed by atoms with Crippen LogP contribution in [0.3, 0.4) is 0 Å². The van der Waals surface area contributed by atoms with Crippen LogP contribution in [0.1, 0.15) is 0 Å². The number of phenolic OH excluding ortho intramolecular Hbond substituents is 1. The Bertz CT molecular complexity index is 273. The predicted molar refractivity (Wildman–Crippen MR) is 44.7 cm³/mol. The van der Waals surface area contributed by atoms with E-state index in [1.165, 1.54) is 19.2 Å². The van der Waals surface area contributed by atoms with Crippen LogP contribution >= 0.6 is 23.2 Å². The van der Waals surface area contributed by atoms with Gasteiger partial charge in [-0.1, -0.05) is 23.2 Å². The number of rotatable bonds is 1. The molecule has 0 amide bonds. The highest BCUT2D eigenvalue weighted by atomic mass is 35.5. The predicted octanol–water partition coefficient (Wildman–Crippen LogP) is 2.71. The lowest BCUT2D eigenvalue weighted by Crippen LogP contribution is -1.85. The normalized spacial score (nSPS) is 9.73. The maximum atomic E-state index is 9.09. The van der Waals surface area contributed by atoms with E-state index in [0.717, 1.165) is 0 Å². The van der Waals surface area contributed by atoms with Crippen molar-refractivity contribution in [2.75, 3.05) is 7.11 Å². The Hall–Kier alpha value is -0.600. The molecule has 0 aliphatic carbocycles. The molecule has 0 aliphatic rings. The lowest BCUT2D eigenvalue weighted by Gasteiger charge is -2.05. The monoisotopic (exact) mass is 192 g/mol. The fourth-order valence-electron chi connectivity index (χ4n) is 0.709. The van der Waals surface area contributed by atoms with E-state index in [2.05, 4.69) is 0 Å². The first-order valence-corrected chi connectivity index (χ1v) is 3.63. The van der Waals surface area contributed by atoms with Gasteiger partial charge in [-0.05, 0) is 12.1 Å².